The third-order valence-electron chi connectivity index (χ3n) is 11.6. The van der Waals surface area contributed by atoms with Gasteiger partial charge in [0.2, 0.25) is 0 Å². The van der Waals surface area contributed by atoms with Crippen LogP contribution in [0, 0.1) is 40.4 Å². The van der Waals surface area contributed by atoms with Gasteiger partial charge >= 0.3 is 11.9 Å². The first-order chi connectivity index (χ1) is 18.1. The van der Waals surface area contributed by atoms with Gasteiger partial charge in [0.15, 0.2) is 0 Å². The Morgan fingerprint density at radius 2 is 1.82 bits per heavy atom. The molecule has 0 amide bonds. The molecule has 0 aromatic rings. The van der Waals surface area contributed by atoms with E-state index < -0.39 is 34.6 Å². The van der Waals surface area contributed by atoms with Crippen molar-refractivity contribution in [1.29, 1.82) is 0 Å². The number of aliphatic hydroxyl groups is 1. The lowest BCUT2D eigenvalue weighted by atomic mass is 9.47. The fourth-order valence-electron chi connectivity index (χ4n) is 8.85. The molecule has 1 spiro atoms. The molecule has 0 unspecified atom stereocenters. The van der Waals surface area contributed by atoms with Crippen molar-refractivity contribution >= 4 is 11.9 Å². The lowest BCUT2D eigenvalue weighted by molar-refractivity contribution is -0.161. The predicted molar refractivity (Wildman–Crippen MR) is 149 cm³/mol. The first-order valence-electron chi connectivity index (χ1n) is 15.1. The molecule has 4 aliphatic carbocycles. The first-order valence-corrected chi connectivity index (χ1v) is 15.1. The van der Waals surface area contributed by atoms with Crippen LogP contribution in [-0.4, -0.2) is 51.6 Å². The summed E-state index contributed by atoms with van der Waals surface area (Å²) in [7, 11) is 0. The average molecular weight is 544 g/mol. The molecule has 3 saturated carbocycles. The van der Waals surface area contributed by atoms with Gasteiger partial charge in [0.1, 0.15) is 29.5 Å². The van der Waals surface area contributed by atoms with Crippen molar-refractivity contribution in [3.63, 3.8) is 0 Å². The lowest BCUT2D eigenvalue weighted by Crippen LogP contribution is -2.59. The zero-order chi connectivity index (χ0) is 28.7. The van der Waals surface area contributed by atoms with Crippen LogP contribution in [0.3, 0.4) is 0 Å². The van der Waals surface area contributed by atoms with Gasteiger partial charge in [0.25, 0.3) is 0 Å². The Morgan fingerprint density at radius 1 is 1.13 bits per heavy atom. The van der Waals surface area contributed by atoms with Crippen LogP contribution < -0.4 is 5.73 Å². The number of rotatable bonds is 7. The molecule has 39 heavy (non-hydrogen) atoms. The van der Waals surface area contributed by atoms with Crippen molar-refractivity contribution in [3.8, 4) is 0 Å². The highest BCUT2D eigenvalue weighted by molar-refractivity contribution is 5.81. The van der Waals surface area contributed by atoms with Gasteiger partial charge in [-0.05, 0) is 87.5 Å². The summed E-state index contributed by atoms with van der Waals surface area (Å²) in [6, 6.07) is 0. The summed E-state index contributed by atoms with van der Waals surface area (Å²) in [5.74, 6) is 0.0356. The molecule has 4 N–H and O–H groups in total. The molecule has 7 heteroatoms. The van der Waals surface area contributed by atoms with Gasteiger partial charge in [0, 0.05) is 11.8 Å². The number of carbonyl (C=O) groups excluding carboxylic acids is 1. The van der Waals surface area contributed by atoms with Crippen molar-refractivity contribution in [1.82, 2.24) is 0 Å². The number of carboxylic acid groups (broad SMARTS) is 1. The molecule has 0 radical (unpaired) electrons. The summed E-state index contributed by atoms with van der Waals surface area (Å²) in [5, 5.41) is 22.5. The van der Waals surface area contributed by atoms with Gasteiger partial charge < -0.3 is 25.4 Å². The molecule has 1 aliphatic heterocycles. The monoisotopic (exact) mass is 543 g/mol. The highest BCUT2D eigenvalue weighted by Gasteiger charge is 2.78. The van der Waals surface area contributed by atoms with E-state index in [2.05, 4.69) is 46.8 Å². The van der Waals surface area contributed by atoms with E-state index in [1.54, 1.807) is 13.8 Å². The fraction of sp³-hybridized carbons (Fsp3) is 0.812. The minimum absolute atomic E-state index is 0.00985. The maximum Gasteiger partial charge on any atom is 0.325 e. The molecule has 1 saturated heterocycles. The number of fused-ring (bicyclic) bond motifs is 3. The van der Waals surface area contributed by atoms with Crippen LogP contribution in [0.15, 0.2) is 23.3 Å². The largest absolute Gasteiger partial charge is 0.481 e. The highest BCUT2D eigenvalue weighted by Crippen LogP contribution is 2.72. The van der Waals surface area contributed by atoms with Gasteiger partial charge in [-0.3, -0.25) is 9.59 Å². The molecule has 218 valence electrons. The number of hydrogen-bond acceptors (Lipinski definition) is 6. The maximum absolute atomic E-state index is 13.2. The number of aliphatic hydroxyl groups excluding tert-OH is 1. The third kappa shape index (κ3) is 4.16. The molecule has 1 heterocycles. The second-order valence-corrected chi connectivity index (χ2v) is 14.6. The van der Waals surface area contributed by atoms with Gasteiger partial charge in [-0.1, -0.05) is 52.3 Å². The number of esters is 1. The quantitative estimate of drug-likeness (QED) is 0.234. The lowest BCUT2D eigenvalue weighted by Gasteiger charge is -2.55. The molecular weight excluding hydrogens is 494 g/mol. The predicted octanol–water partition coefficient (Wildman–Crippen LogP) is 5.01. The molecule has 4 fully saturated rings. The van der Waals surface area contributed by atoms with E-state index in [0.717, 1.165) is 36.8 Å². The zero-order valence-electron chi connectivity index (χ0n) is 24.8. The molecule has 5 rings (SSSR count). The van der Waals surface area contributed by atoms with Crippen LogP contribution >= 0.6 is 0 Å². The number of carboxylic acids is 1. The summed E-state index contributed by atoms with van der Waals surface area (Å²) in [6.07, 6.45) is 7.93. The second kappa shape index (κ2) is 9.42. The summed E-state index contributed by atoms with van der Waals surface area (Å²) in [4.78, 5) is 25.7. The molecular formula is C32H49NO6. The van der Waals surface area contributed by atoms with E-state index in [0.29, 0.717) is 31.1 Å². The molecule has 10 atom stereocenters. The van der Waals surface area contributed by atoms with Crippen LogP contribution in [0.4, 0.5) is 0 Å². The number of nitrogens with two attached hydrogens (primary N) is 1. The van der Waals surface area contributed by atoms with Gasteiger partial charge in [-0.25, -0.2) is 0 Å². The standard InChI is InChI=1S/C32H49NO6/c1-17(2)18(3)8-9-19(4)21-10-11-23-24-22(13-15-31(21,23)27(35)36)30(7)14-12-20(38-28(37)29(5,6)33)16-32(30)26(39-32)25(24)34/h8-9,17-22,25-26,34H,10-16,33H2,1-7H3,(H,35,36)/b9-8+/t18-,19-,20-,21+,22+,25+,26-,30+,31-,32-/m0/s1. The topological polar surface area (TPSA) is 122 Å². The Kier molecular flexibility index (Phi) is 6.96. The Bertz CT molecular complexity index is 1090. The zero-order valence-corrected chi connectivity index (χ0v) is 24.8. The Morgan fingerprint density at radius 3 is 2.44 bits per heavy atom. The normalized spacial score (nSPS) is 42.9. The van der Waals surface area contributed by atoms with E-state index in [1.165, 1.54) is 0 Å². The number of hydrogen-bond donors (Lipinski definition) is 3. The number of carbonyl (C=O) groups is 2. The van der Waals surface area contributed by atoms with Crippen molar-refractivity contribution in [3.05, 3.63) is 23.3 Å². The molecule has 0 aromatic carbocycles. The smallest absolute Gasteiger partial charge is 0.325 e. The summed E-state index contributed by atoms with van der Waals surface area (Å²) >= 11 is 0. The molecule has 0 aromatic heterocycles. The van der Waals surface area contributed by atoms with Crippen LogP contribution in [0.1, 0.15) is 93.4 Å². The Balaban J connectivity index is 1.46. The molecule has 5 aliphatic rings. The molecule has 7 nitrogen and oxygen atoms in total. The number of allylic oxidation sites excluding steroid dienone is 2. The van der Waals surface area contributed by atoms with Crippen LogP contribution in [0.2, 0.25) is 0 Å². The van der Waals surface area contributed by atoms with E-state index in [4.69, 9.17) is 15.2 Å². The van der Waals surface area contributed by atoms with E-state index in [1.807, 2.05) is 0 Å². The average Bonchev–Trinajstić information content (AvgIpc) is 3.45. The van der Waals surface area contributed by atoms with E-state index in [-0.39, 0.29) is 35.4 Å². The van der Waals surface area contributed by atoms with Crippen molar-refractivity contribution in [2.75, 3.05) is 0 Å². The maximum atomic E-state index is 13.2. The first kappa shape index (κ1) is 28.8. The minimum Gasteiger partial charge on any atom is -0.481 e. The van der Waals surface area contributed by atoms with Crippen LogP contribution in [-0.2, 0) is 19.1 Å². The number of epoxide rings is 1. The summed E-state index contributed by atoms with van der Waals surface area (Å²) in [6.45, 7) is 14.3. The van der Waals surface area contributed by atoms with Crippen molar-refractivity contribution in [2.45, 2.75) is 123 Å². The van der Waals surface area contributed by atoms with Crippen LogP contribution in [0.25, 0.3) is 0 Å². The van der Waals surface area contributed by atoms with Crippen molar-refractivity contribution in [2.24, 2.45) is 46.2 Å². The van der Waals surface area contributed by atoms with Gasteiger partial charge in [-0.15, -0.1) is 0 Å². The number of aliphatic carboxylic acids is 1. The van der Waals surface area contributed by atoms with E-state index in [9.17, 15) is 19.8 Å². The van der Waals surface area contributed by atoms with Crippen molar-refractivity contribution < 1.29 is 29.3 Å². The molecule has 0 bridgehead atoms. The van der Waals surface area contributed by atoms with E-state index >= 15 is 0 Å². The summed E-state index contributed by atoms with van der Waals surface area (Å²) < 4.78 is 12.2. The Labute approximate surface area is 233 Å². The van der Waals surface area contributed by atoms with Gasteiger partial charge in [-0.2, -0.15) is 0 Å². The highest BCUT2D eigenvalue weighted by atomic mass is 16.6. The van der Waals surface area contributed by atoms with Gasteiger partial charge in [0.05, 0.1) is 5.41 Å². The summed E-state index contributed by atoms with van der Waals surface area (Å²) in [5.41, 5.74) is 5.13. The fourth-order valence-corrected chi connectivity index (χ4v) is 8.85. The third-order valence-corrected chi connectivity index (χ3v) is 11.6. The number of ether oxygens (including phenoxy) is 2. The SMILES string of the molecule is CC(C)[C@@H](C)/C=C/[C@H](C)[C@H]1CCC2=C3[C@@H](O)[C@@H]4O[C@@]45C[C@@H](OC(=O)C(C)(C)N)CC[C@]5(C)[C@@H]3CC[C@@]21C(=O)O. The Hall–Kier alpha value is -1.70. The van der Waals surface area contributed by atoms with Crippen LogP contribution in [0.5, 0.6) is 0 Å². The minimum atomic E-state index is -1.06. The second-order valence-electron chi connectivity index (χ2n) is 14.6.